The van der Waals surface area contributed by atoms with Crippen molar-refractivity contribution < 1.29 is 0 Å². The zero-order valence-corrected chi connectivity index (χ0v) is 9.56. The van der Waals surface area contributed by atoms with Crippen LogP contribution in [-0.2, 0) is 5.88 Å². The minimum atomic E-state index is 0.443. The Labute approximate surface area is 99.0 Å². The zero-order valence-electron chi connectivity index (χ0n) is 8.81. The number of alkyl halides is 1. The summed E-state index contributed by atoms with van der Waals surface area (Å²) in [7, 11) is 0. The number of nitrogens with zero attached hydrogens (tertiary/aromatic N) is 3. The number of hydrogen-bond acceptors (Lipinski definition) is 2. The van der Waals surface area contributed by atoms with Crippen molar-refractivity contribution >= 4 is 11.6 Å². The molecule has 1 heterocycles. The van der Waals surface area contributed by atoms with Crippen LogP contribution in [0.2, 0.25) is 0 Å². The van der Waals surface area contributed by atoms with Crippen LogP contribution in [0.5, 0.6) is 0 Å². The van der Waals surface area contributed by atoms with Gasteiger partial charge >= 0.3 is 0 Å². The highest BCUT2D eigenvalue weighted by molar-refractivity contribution is 6.17. The highest BCUT2D eigenvalue weighted by Crippen LogP contribution is 2.42. The molecule has 16 heavy (non-hydrogen) atoms. The summed E-state index contributed by atoms with van der Waals surface area (Å²) in [5.74, 6) is 1.04. The first kappa shape index (κ1) is 9.85. The summed E-state index contributed by atoms with van der Waals surface area (Å²) in [5, 5.41) is 8.35. The molecule has 0 aliphatic heterocycles. The molecule has 1 aliphatic carbocycles. The quantitative estimate of drug-likeness (QED) is 0.764. The monoisotopic (exact) mass is 233 g/mol. The lowest BCUT2D eigenvalue weighted by Gasteiger charge is -2.05. The molecule has 2 aromatic rings. The van der Waals surface area contributed by atoms with Gasteiger partial charge in [0.15, 0.2) is 0 Å². The van der Waals surface area contributed by atoms with Gasteiger partial charge in [-0.2, -0.15) is 0 Å². The van der Waals surface area contributed by atoms with Crippen LogP contribution < -0.4 is 0 Å². The Morgan fingerprint density at radius 2 is 2.00 bits per heavy atom. The number of hydrogen-bond donors (Lipinski definition) is 0. The largest absolute Gasteiger partial charge is 0.217 e. The van der Waals surface area contributed by atoms with Crippen LogP contribution >= 0.6 is 11.6 Å². The molecule has 0 unspecified atom stereocenters. The SMILES string of the molecule is ClCc1nnn(-c2ccccc2)c1C1CC1. The maximum atomic E-state index is 5.89. The summed E-state index contributed by atoms with van der Waals surface area (Å²) in [6.07, 6.45) is 2.45. The van der Waals surface area contributed by atoms with Crippen LogP contribution in [0.4, 0.5) is 0 Å². The molecule has 0 atom stereocenters. The molecular formula is C12H12ClN3. The molecule has 0 N–H and O–H groups in total. The Morgan fingerprint density at radius 3 is 2.62 bits per heavy atom. The molecular weight excluding hydrogens is 222 g/mol. The van der Waals surface area contributed by atoms with E-state index in [4.69, 9.17) is 11.6 Å². The fraction of sp³-hybridized carbons (Fsp3) is 0.333. The Morgan fingerprint density at radius 1 is 1.25 bits per heavy atom. The fourth-order valence-electron chi connectivity index (χ4n) is 1.94. The molecule has 1 aromatic heterocycles. The highest BCUT2D eigenvalue weighted by atomic mass is 35.5. The van der Waals surface area contributed by atoms with Gasteiger partial charge < -0.3 is 0 Å². The van der Waals surface area contributed by atoms with Crippen LogP contribution in [0.1, 0.15) is 30.1 Å². The first-order chi connectivity index (χ1) is 7.90. The van der Waals surface area contributed by atoms with Gasteiger partial charge in [0.2, 0.25) is 0 Å². The second-order valence-electron chi connectivity index (χ2n) is 4.08. The van der Waals surface area contributed by atoms with E-state index >= 15 is 0 Å². The third kappa shape index (κ3) is 1.61. The van der Waals surface area contributed by atoms with Gasteiger partial charge in [-0.25, -0.2) is 4.68 Å². The van der Waals surface area contributed by atoms with Gasteiger partial charge in [-0.1, -0.05) is 23.4 Å². The lowest BCUT2D eigenvalue weighted by Crippen LogP contribution is -2.01. The molecule has 4 heteroatoms. The lowest BCUT2D eigenvalue weighted by molar-refractivity contribution is 0.763. The number of benzene rings is 1. The van der Waals surface area contributed by atoms with Gasteiger partial charge in [0.1, 0.15) is 5.69 Å². The molecule has 0 amide bonds. The Kier molecular flexibility index (Phi) is 2.40. The summed E-state index contributed by atoms with van der Waals surface area (Å²) >= 11 is 5.89. The molecule has 0 spiro atoms. The Balaban J connectivity index is 2.10. The van der Waals surface area contributed by atoms with E-state index in [1.807, 2.05) is 35.0 Å². The van der Waals surface area contributed by atoms with E-state index < -0.39 is 0 Å². The van der Waals surface area contributed by atoms with E-state index in [1.165, 1.54) is 18.5 Å². The number of rotatable bonds is 3. The first-order valence-electron chi connectivity index (χ1n) is 5.46. The van der Waals surface area contributed by atoms with Crippen molar-refractivity contribution in [3.05, 3.63) is 41.7 Å². The van der Waals surface area contributed by atoms with Crippen LogP contribution in [0.3, 0.4) is 0 Å². The molecule has 1 aromatic carbocycles. The van der Waals surface area contributed by atoms with Gasteiger partial charge in [-0.3, -0.25) is 0 Å². The van der Waals surface area contributed by atoms with E-state index in [9.17, 15) is 0 Å². The molecule has 1 saturated carbocycles. The number of aromatic nitrogens is 3. The maximum absolute atomic E-state index is 5.89. The molecule has 3 rings (SSSR count). The van der Waals surface area contributed by atoms with Crippen molar-refractivity contribution in [2.75, 3.05) is 0 Å². The van der Waals surface area contributed by atoms with Gasteiger partial charge in [-0.05, 0) is 25.0 Å². The molecule has 82 valence electrons. The summed E-state index contributed by atoms with van der Waals surface area (Å²) in [6, 6.07) is 10.1. The predicted molar refractivity (Wildman–Crippen MR) is 62.9 cm³/mol. The van der Waals surface area contributed by atoms with Crippen LogP contribution in [0.15, 0.2) is 30.3 Å². The molecule has 1 aliphatic rings. The van der Waals surface area contributed by atoms with E-state index in [0.29, 0.717) is 11.8 Å². The number of halogens is 1. The first-order valence-corrected chi connectivity index (χ1v) is 5.99. The van der Waals surface area contributed by atoms with Gasteiger partial charge in [0, 0.05) is 5.92 Å². The van der Waals surface area contributed by atoms with Gasteiger partial charge in [0.25, 0.3) is 0 Å². The minimum absolute atomic E-state index is 0.443. The predicted octanol–water partition coefficient (Wildman–Crippen LogP) is 2.88. The average Bonchev–Trinajstić information content (AvgIpc) is 3.09. The van der Waals surface area contributed by atoms with Crippen molar-refractivity contribution in [1.82, 2.24) is 15.0 Å². The third-order valence-corrected chi connectivity index (χ3v) is 3.12. The Bertz CT molecular complexity index is 488. The molecule has 0 saturated heterocycles. The van der Waals surface area contributed by atoms with E-state index in [2.05, 4.69) is 10.3 Å². The second-order valence-corrected chi connectivity index (χ2v) is 4.34. The average molecular weight is 234 g/mol. The van der Waals surface area contributed by atoms with Crippen molar-refractivity contribution in [1.29, 1.82) is 0 Å². The van der Waals surface area contributed by atoms with Crippen LogP contribution in [0, 0.1) is 0 Å². The highest BCUT2D eigenvalue weighted by Gasteiger charge is 2.31. The standard InChI is InChI=1S/C12H12ClN3/c13-8-11-12(9-6-7-9)16(15-14-11)10-4-2-1-3-5-10/h1-5,9H,6-8H2. The zero-order chi connectivity index (χ0) is 11.0. The Hall–Kier alpha value is -1.35. The number of para-hydroxylation sites is 1. The van der Waals surface area contributed by atoms with Crippen molar-refractivity contribution in [2.24, 2.45) is 0 Å². The van der Waals surface area contributed by atoms with Gasteiger partial charge in [-0.15, -0.1) is 16.7 Å². The normalized spacial score (nSPS) is 15.3. The van der Waals surface area contributed by atoms with Crippen molar-refractivity contribution in [3.63, 3.8) is 0 Å². The molecule has 0 bridgehead atoms. The molecule has 1 fully saturated rings. The second kappa shape index (κ2) is 3.91. The van der Waals surface area contributed by atoms with Crippen molar-refractivity contribution in [2.45, 2.75) is 24.6 Å². The van der Waals surface area contributed by atoms with E-state index in [0.717, 1.165) is 11.4 Å². The fourth-order valence-corrected chi connectivity index (χ4v) is 2.13. The summed E-state index contributed by atoms with van der Waals surface area (Å²) in [4.78, 5) is 0. The summed E-state index contributed by atoms with van der Waals surface area (Å²) in [5.41, 5.74) is 3.18. The van der Waals surface area contributed by atoms with E-state index in [-0.39, 0.29) is 0 Å². The molecule has 0 radical (unpaired) electrons. The van der Waals surface area contributed by atoms with Gasteiger partial charge in [0.05, 0.1) is 17.3 Å². The summed E-state index contributed by atoms with van der Waals surface area (Å²) < 4.78 is 1.93. The topological polar surface area (TPSA) is 30.7 Å². The molecule has 3 nitrogen and oxygen atoms in total. The van der Waals surface area contributed by atoms with E-state index in [1.54, 1.807) is 0 Å². The summed E-state index contributed by atoms with van der Waals surface area (Å²) in [6.45, 7) is 0. The lowest BCUT2D eigenvalue weighted by atomic mass is 10.2. The van der Waals surface area contributed by atoms with Crippen LogP contribution in [-0.4, -0.2) is 15.0 Å². The maximum Gasteiger partial charge on any atom is 0.101 e. The third-order valence-electron chi connectivity index (χ3n) is 2.87. The minimum Gasteiger partial charge on any atom is -0.217 e. The van der Waals surface area contributed by atoms with Crippen LogP contribution in [0.25, 0.3) is 5.69 Å². The smallest absolute Gasteiger partial charge is 0.101 e. The van der Waals surface area contributed by atoms with Crippen molar-refractivity contribution in [3.8, 4) is 5.69 Å².